The van der Waals surface area contributed by atoms with Crippen LogP contribution in [0, 0.1) is 0 Å². The van der Waals surface area contributed by atoms with Gasteiger partial charge in [0, 0.05) is 24.0 Å². The van der Waals surface area contributed by atoms with Gasteiger partial charge in [0.1, 0.15) is 0 Å². The number of methoxy groups -OCH3 is 1. The van der Waals surface area contributed by atoms with Crippen LogP contribution in [0.2, 0.25) is 0 Å². The minimum absolute atomic E-state index is 0.0804. The number of nitrogens with zero attached hydrogens (tertiary/aromatic N) is 2. The van der Waals surface area contributed by atoms with E-state index in [1.807, 2.05) is 6.07 Å². The summed E-state index contributed by atoms with van der Waals surface area (Å²) < 4.78 is 15.9. The van der Waals surface area contributed by atoms with Crippen LogP contribution in [0.4, 0.5) is 0 Å². The van der Waals surface area contributed by atoms with Gasteiger partial charge in [0.15, 0.2) is 23.0 Å². The minimum Gasteiger partial charge on any atom is -0.504 e. The third kappa shape index (κ3) is 3.61. The Hall–Kier alpha value is -3.75. The number of carbonyl (C=O) groups is 2. The van der Waals surface area contributed by atoms with Crippen molar-refractivity contribution in [1.82, 2.24) is 5.01 Å². The number of carbonyl (C=O) groups excluding carboxylic acids is 1. The number of ether oxygens (including phenoxy) is 3. The number of amides is 1. The van der Waals surface area contributed by atoms with Crippen molar-refractivity contribution < 1.29 is 34.0 Å². The van der Waals surface area contributed by atoms with Gasteiger partial charge in [-0.05, 0) is 24.3 Å². The van der Waals surface area contributed by atoms with Gasteiger partial charge in [-0.25, -0.2) is 5.01 Å². The van der Waals surface area contributed by atoms with Crippen molar-refractivity contribution in [2.24, 2.45) is 5.10 Å². The van der Waals surface area contributed by atoms with Crippen LogP contribution in [-0.4, -0.2) is 46.7 Å². The summed E-state index contributed by atoms with van der Waals surface area (Å²) in [6.07, 6.45) is -0.172. The van der Waals surface area contributed by atoms with Crippen molar-refractivity contribution in [3.8, 4) is 23.0 Å². The summed E-state index contributed by atoms with van der Waals surface area (Å²) in [5.74, 6) is -0.0887. The summed E-state index contributed by atoms with van der Waals surface area (Å²) in [6, 6.07) is 9.80. The number of fused-ring (bicyclic) bond motifs is 1. The average molecular weight is 412 g/mol. The first kappa shape index (κ1) is 19.6. The summed E-state index contributed by atoms with van der Waals surface area (Å²) in [7, 11) is 1.44. The second-order valence-corrected chi connectivity index (χ2v) is 6.86. The van der Waals surface area contributed by atoms with Gasteiger partial charge in [0.2, 0.25) is 12.7 Å². The lowest BCUT2D eigenvalue weighted by Crippen LogP contribution is -2.27. The molecule has 2 aliphatic heterocycles. The maximum atomic E-state index is 12.8. The van der Waals surface area contributed by atoms with Crippen molar-refractivity contribution in [2.45, 2.75) is 25.3 Å². The highest BCUT2D eigenvalue weighted by Gasteiger charge is 2.35. The molecule has 1 atom stereocenters. The molecular weight excluding hydrogens is 392 g/mol. The Kier molecular flexibility index (Phi) is 5.18. The number of benzene rings is 2. The molecule has 2 aliphatic rings. The molecule has 2 aromatic rings. The van der Waals surface area contributed by atoms with Gasteiger partial charge in [-0.2, -0.15) is 5.10 Å². The maximum absolute atomic E-state index is 12.8. The number of aliphatic carboxylic acids is 1. The first-order valence-electron chi connectivity index (χ1n) is 9.35. The van der Waals surface area contributed by atoms with E-state index in [-0.39, 0.29) is 31.1 Å². The molecule has 0 radical (unpaired) electrons. The number of carboxylic acids is 1. The van der Waals surface area contributed by atoms with Crippen molar-refractivity contribution in [3.63, 3.8) is 0 Å². The molecule has 9 nitrogen and oxygen atoms in total. The lowest BCUT2D eigenvalue weighted by atomic mass is 9.97. The van der Waals surface area contributed by atoms with Gasteiger partial charge in [0.05, 0.1) is 25.3 Å². The molecule has 0 aromatic heterocycles. The summed E-state index contributed by atoms with van der Waals surface area (Å²) in [5.41, 5.74) is 1.84. The Morgan fingerprint density at radius 2 is 2.00 bits per heavy atom. The highest BCUT2D eigenvalue weighted by atomic mass is 16.7. The van der Waals surface area contributed by atoms with E-state index in [1.54, 1.807) is 30.3 Å². The monoisotopic (exact) mass is 412 g/mol. The number of phenolic OH excluding ortho intramolecular Hbond substituents is 1. The summed E-state index contributed by atoms with van der Waals surface area (Å²) in [6.45, 7) is 0.144. The second kappa shape index (κ2) is 7.94. The van der Waals surface area contributed by atoms with Crippen molar-refractivity contribution in [2.75, 3.05) is 13.9 Å². The number of para-hydroxylation sites is 1. The van der Waals surface area contributed by atoms with Crippen LogP contribution in [0.25, 0.3) is 0 Å². The third-order valence-corrected chi connectivity index (χ3v) is 5.03. The molecule has 0 fully saturated rings. The quantitative estimate of drug-likeness (QED) is 0.749. The second-order valence-electron chi connectivity index (χ2n) is 6.86. The van der Waals surface area contributed by atoms with Gasteiger partial charge in [-0.1, -0.05) is 12.1 Å². The Bertz CT molecular complexity index is 1030. The number of rotatable bonds is 6. The van der Waals surface area contributed by atoms with Crippen LogP contribution in [0.1, 0.15) is 36.4 Å². The SMILES string of the molecule is COc1cccc([C@@H]2CC(c3ccc4c(c3)OCO4)=NN2C(=O)CCC(=O)O)c1O. The Morgan fingerprint density at radius 1 is 1.20 bits per heavy atom. The first-order chi connectivity index (χ1) is 14.5. The Balaban J connectivity index is 1.69. The third-order valence-electron chi connectivity index (χ3n) is 5.03. The highest BCUT2D eigenvalue weighted by molar-refractivity contribution is 6.03. The molecule has 9 heteroatoms. The zero-order valence-corrected chi connectivity index (χ0v) is 16.2. The number of hydrogen-bond donors (Lipinski definition) is 2. The zero-order valence-electron chi connectivity index (χ0n) is 16.2. The molecule has 2 N–H and O–H groups in total. The van der Waals surface area contributed by atoms with E-state index in [1.165, 1.54) is 12.1 Å². The van der Waals surface area contributed by atoms with Gasteiger partial charge in [-0.3, -0.25) is 9.59 Å². The summed E-state index contributed by atoms with van der Waals surface area (Å²) in [4.78, 5) is 23.7. The fraction of sp³-hybridized carbons (Fsp3) is 0.286. The van der Waals surface area contributed by atoms with E-state index >= 15 is 0 Å². The van der Waals surface area contributed by atoms with Crippen LogP contribution >= 0.6 is 0 Å². The molecule has 2 aromatic carbocycles. The van der Waals surface area contributed by atoms with Crippen LogP contribution in [0.15, 0.2) is 41.5 Å². The molecule has 0 unspecified atom stereocenters. The number of phenols is 1. The molecule has 0 bridgehead atoms. The molecule has 30 heavy (non-hydrogen) atoms. The van der Waals surface area contributed by atoms with Crippen molar-refractivity contribution >= 4 is 17.6 Å². The van der Waals surface area contributed by atoms with Gasteiger partial charge in [0.25, 0.3) is 0 Å². The Labute approximate surface area is 172 Å². The summed E-state index contributed by atoms with van der Waals surface area (Å²) in [5, 5.41) is 25.3. The molecule has 0 saturated carbocycles. The lowest BCUT2D eigenvalue weighted by molar-refractivity contribution is -0.141. The van der Waals surface area contributed by atoms with Gasteiger partial charge < -0.3 is 24.4 Å². The fourth-order valence-corrected chi connectivity index (χ4v) is 3.53. The van der Waals surface area contributed by atoms with Crippen molar-refractivity contribution in [3.05, 3.63) is 47.5 Å². The van der Waals surface area contributed by atoms with Gasteiger partial charge in [-0.15, -0.1) is 0 Å². The lowest BCUT2D eigenvalue weighted by Gasteiger charge is -2.23. The highest BCUT2D eigenvalue weighted by Crippen LogP contribution is 2.42. The smallest absolute Gasteiger partial charge is 0.303 e. The number of carboxylic acid groups (broad SMARTS) is 1. The largest absolute Gasteiger partial charge is 0.504 e. The van der Waals surface area contributed by atoms with Crippen LogP contribution < -0.4 is 14.2 Å². The molecule has 1 amide bonds. The fourth-order valence-electron chi connectivity index (χ4n) is 3.53. The number of hydrogen-bond acceptors (Lipinski definition) is 7. The molecule has 2 heterocycles. The van der Waals surface area contributed by atoms with E-state index in [2.05, 4.69) is 5.10 Å². The van der Waals surface area contributed by atoms with Gasteiger partial charge >= 0.3 is 5.97 Å². The normalized spacial score (nSPS) is 17.0. The molecule has 0 saturated heterocycles. The zero-order chi connectivity index (χ0) is 21.3. The van der Waals surface area contributed by atoms with Crippen LogP contribution in [0.5, 0.6) is 23.0 Å². The molecule has 156 valence electrons. The Morgan fingerprint density at radius 3 is 2.77 bits per heavy atom. The molecular formula is C21H20N2O7. The van der Waals surface area contributed by atoms with E-state index in [0.29, 0.717) is 29.2 Å². The molecule has 0 spiro atoms. The standard InChI is InChI=1S/C21H20N2O7/c1-28-17-4-2-3-13(21(17)27)15-10-14(22-23(15)19(24)7-8-20(25)26)12-5-6-16-18(9-12)30-11-29-16/h2-6,9,15,27H,7-8,10-11H2,1H3,(H,25,26)/t15-/m0/s1. The van der Waals surface area contributed by atoms with E-state index < -0.39 is 17.9 Å². The number of aromatic hydroxyl groups is 1. The van der Waals surface area contributed by atoms with E-state index in [4.69, 9.17) is 19.3 Å². The van der Waals surface area contributed by atoms with E-state index in [9.17, 15) is 14.7 Å². The number of hydrazone groups is 1. The first-order valence-corrected chi connectivity index (χ1v) is 9.35. The topological polar surface area (TPSA) is 118 Å². The minimum atomic E-state index is -1.07. The van der Waals surface area contributed by atoms with Crippen molar-refractivity contribution in [1.29, 1.82) is 0 Å². The average Bonchev–Trinajstić information content (AvgIpc) is 3.38. The molecule has 4 rings (SSSR count). The maximum Gasteiger partial charge on any atom is 0.303 e. The predicted molar refractivity (Wildman–Crippen MR) is 105 cm³/mol. The molecule has 0 aliphatic carbocycles. The summed E-state index contributed by atoms with van der Waals surface area (Å²) >= 11 is 0. The predicted octanol–water partition coefficient (Wildman–Crippen LogP) is 2.67. The van der Waals surface area contributed by atoms with Crippen LogP contribution in [0.3, 0.4) is 0 Å². The van der Waals surface area contributed by atoms with E-state index in [0.717, 1.165) is 5.56 Å². The van der Waals surface area contributed by atoms with Crippen LogP contribution in [-0.2, 0) is 9.59 Å².